The summed E-state index contributed by atoms with van der Waals surface area (Å²) in [6.07, 6.45) is 3.05. The van der Waals surface area contributed by atoms with Crippen molar-refractivity contribution in [2.45, 2.75) is 32.1 Å². The lowest BCUT2D eigenvalue weighted by Crippen LogP contribution is -2.26. The van der Waals surface area contributed by atoms with Crippen LogP contribution < -0.4 is 0 Å². The Morgan fingerprint density at radius 2 is 2.00 bits per heavy atom. The SMILES string of the molecule is O=C(O)CCCCCN1CCCS1(=O)=O. The molecule has 0 atom stereocenters. The van der Waals surface area contributed by atoms with Crippen molar-refractivity contribution in [1.29, 1.82) is 0 Å². The molecule has 1 rings (SSSR count). The maximum atomic E-state index is 11.4. The van der Waals surface area contributed by atoms with Gasteiger partial charge < -0.3 is 5.11 Å². The topological polar surface area (TPSA) is 74.7 Å². The minimum atomic E-state index is -2.97. The number of rotatable bonds is 6. The third kappa shape index (κ3) is 4.17. The van der Waals surface area contributed by atoms with Gasteiger partial charge in [0.2, 0.25) is 10.0 Å². The average Bonchev–Trinajstić information content (AvgIpc) is 2.44. The van der Waals surface area contributed by atoms with Gasteiger partial charge >= 0.3 is 5.97 Å². The number of sulfonamides is 1. The monoisotopic (exact) mass is 235 g/mol. The first-order chi connectivity index (χ1) is 7.02. The second-order valence-corrected chi connectivity index (χ2v) is 5.86. The molecule has 1 fully saturated rings. The van der Waals surface area contributed by atoms with E-state index in [1.165, 1.54) is 4.31 Å². The molecule has 0 aromatic heterocycles. The Morgan fingerprint density at radius 3 is 2.53 bits per heavy atom. The highest BCUT2D eigenvalue weighted by atomic mass is 32.2. The Morgan fingerprint density at radius 1 is 1.27 bits per heavy atom. The highest BCUT2D eigenvalue weighted by molar-refractivity contribution is 7.89. The van der Waals surface area contributed by atoms with E-state index in [1.807, 2.05) is 0 Å². The van der Waals surface area contributed by atoms with Crippen LogP contribution in [0.2, 0.25) is 0 Å². The molecule has 0 aliphatic carbocycles. The molecule has 0 radical (unpaired) electrons. The molecule has 0 amide bonds. The third-order valence-corrected chi connectivity index (χ3v) is 4.46. The van der Waals surface area contributed by atoms with Gasteiger partial charge in [-0.25, -0.2) is 12.7 Å². The third-order valence-electron chi connectivity index (χ3n) is 2.50. The predicted octanol–water partition coefficient (Wildman–Crippen LogP) is 0.667. The largest absolute Gasteiger partial charge is 0.481 e. The van der Waals surface area contributed by atoms with Gasteiger partial charge in [-0.2, -0.15) is 0 Å². The number of carbonyl (C=O) groups is 1. The van der Waals surface area contributed by atoms with Gasteiger partial charge in [0.1, 0.15) is 0 Å². The fourth-order valence-electron chi connectivity index (χ4n) is 1.68. The van der Waals surface area contributed by atoms with E-state index in [1.54, 1.807) is 0 Å². The molecule has 15 heavy (non-hydrogen) atoms. The minimum Gasteiger partial charge on any atom is -0.481 e. The van der Waals surface area contributed by atoms with Crippen LogP contribution in [0.1, 0.15) is 32.1 Å². The quantitative estimate of drug-likeness (QED) is 0.686. The molecule has 0 saturated carbocycles. The average molecular weight is 235 g/mol. The number of carboxylic acids is 1. The zero-order valence-corrected chi connectivity index (χ0v) is 9.50. The molecular weight excluding hydrogens is 218 g/mol. The van der Waals surface area contributed by atoms with E-state index in [4.69, 9.17) is 5.11 Å². The van der Waals surface area contributed by atoms with Gasteiger partial charge in [-0.05, 0) is 19.3 Å². The van der Waals surface area contributed by atoms with Crippen molar-refractivity contribution < 1.29 is 18.3 Å². The molecule has 0 unspecified atom stereocenters. The number of unbranched alkanes of at least 4 members (excludes halogenated alkanes) is 2. The van der Waals surface area contributed by atoms with Crippen LogP contribution in [0.5, 0.6) is 0 Å². The first-order valence-corrected chi connectivity index (χ1v) is 6.83. The summed E-state index contributed by atoms with van der Waals surface area (Å²) in [5.41, 5.74) is 0. The Hall–Kier alpha value is -0.620. The van der Waals surface area contributed by atoms with Gasteiger partial charge in [0.05, 0.1) is 5.75 Å². The first kappa shape index (κ1) is 12.4. The first-order valence-electron chi connectivity index (χ1n) is 5.22. The van der Waals surface area contributed by atoms with Crippen LogP contribution in [0.15, 0.2) is 0 Å². The van der Waals surface area contributed by atoms with Crippen molar-refractivity contribution in [3.63, 3.8) is 0 Å². The molecule has 0 aromatic carbocycles. The predicted molar refractivity (Wildman–Crippen MR) is 56.1 cm³/mol. The van der Waals surface area contributed by atoms with Crippen molar-refractivity contribution in [2.24, 2.45) is 0 Å². The van der Waals surface area contributed by atoms with E-state index in [9.17, 15) is 13.2 Å². The van der Waals surface area contributed by atoms with Crippen LogP contribution in [0.3, 0.4) is 0 Å². The van der Waals surface area contributed by atoms with Crippen LogP contribution in [-0.2, 0) is 14.8 Å². The molecule has 6 heteroatoms. The van der Waals surface area contributed by atoms with Gasteiger partial charge in [-0.3, -0.25) is 4.79 Å². The van der Waals surface area contributed by atoms with Crippen molar-refractivity contribution in [2.75, 3.05) is 18.8 Å². The Labute approximate surface area is 90.1 Å². The lowest BCUT2D eigenvalue weighted by atomic mass is 10.2. The molecule has 5 nitrogen and oxygen atoms in total. The van der Waals surface area contributed by atoms with E-state index >= 15 is 0 Å². The lowest BCUT2D eigenvalue weighted by molar-refractivity contribution is -0.137. The minimum absolute atomic E-state index is 0.173. The second-order valence-electron chi connectivity index (χ2n) is 3.77. The van der Waals surface area contributed by atoms with Gasteiger partial charge in [-0.1, -0.05) is 6.42 Å². The molecule has 1 N–H and O–H groups in total. The Kier molecular flexibility index (Phi) is 4.53. The summed E-state index contributed by atoms with van der Waals surface area (Å²) >= 11 is 0. The zero-order chi connectivity index (χ0) is 11.3. The highest BCUT2D eigenvalue weighted by Crippen LogP contribution is 2.14. The van der Waals surface area contributed by atoms with E-state index in [0.29, 0.717) is 19.5 Å². The summed E-state index contributed by atoms with van der Waals surface area (Å²) in [6.45, 7) is 1.17. The molecule has 1 aliphatic rings. The van der Waals surface area contributed by atoms with Crippen LogP contribution >= 0.6 is 0 Å². The normalized spacial score (nSPS) is 20.5. The van der Waals surface area contributed by atoms with E-state index < -0.39 is 16.0 Å². The zero-order valence-electron chi connectivity index (χ0n) is 8.68. The summed E-state index contributed by atoms with van der Waals surface area (Å²) in [5.74, 6) is -0.522. The highest BCUT2D eigenvalue weighted by Gasteiger charge is 2.27. The van der Waals surface area contributed by atoms with Crippen molar-refractivity contribution >= 4 is 16.0 Å². The molecule has 0 aromatic rings. The fourth-order valence-corrected chi connectivity index (χ4v) is 3.25. The molecule has 0 bridgehead atoms. The number of hydrogen-bond donors (Lipinski definition) is 1. The Balaban J connectivity index is 2.13. The standard InChI is InChI=1S/C9H17NO4S/c11-9(12)5-2-1-3-6-10-7-4-8-15(10,13)14/h1-8H2,(H,11,12). The van der Waals surface area contributed by atoms with Crippen LogP contribution in [0.25, 0.3) is 0 Å². The van der Waals surface area contributed by atoms with Gasteiger partial charge in [0, 0.05) is 19.5 Å². The number of aliphatic carboxylic acids is 1. The second kappa shape index (κ2) is 5.46. The summed E-state index contributed by atoms with van der Waals surface area (Å²) in [5, 5.41) is 8.40. The molecule has 1 heterocycles. The molecule has 1 saturated heterocycles. The molecule has 88 valence electrons. The van der Waals surface area contributed by atoms with E-state index in [0.717, 1.165) is 19.3 Å². The summed E-state index contributed by atoms with van der Waals surface area (Å²) in [6, 6.07) is 0. The van der Waals surface area contributed by atoms with E-state index in [-0.39, 0.29) is 12.2 Å². The molecule has 1 aliphatic heterocycles. The lowest BCUT2D eigenvalue weighted by Gasteiger charge is -2.13. The summed E-state index contributed by atoms with van der Waals surface area (Å²) < 4.78 is 24.2. The summed E-state index contributed by atoms with van der Waals surface area (Å²) in [4.78, 5) is 10.2. The number of carboxylic acid groups (broad SMARTS) is 1. The molecular formula is C9H17NO4S. The van der Waals surface area contributed by atoms with Crippen molar-refractivity contribution in [3.8, 4) is 0 Å². The van der Waals surface area contributed by atoms with Crippen LogP contribution in [-0.4, -0.2) is 42.6 Å². The van der Waals surface area contributed by atoms with Crippen LogP contribution in [0.4, 0.5) is 0 Å². The van der Waals surface area contributed by atoms with Gasteiger partial charge in [-0.15, -0.1) is 0 Å². The number of nitrogens with zero attached hydrogens (tertiary/aromatic N) is 1. The fraction of sp³-hybridized carbons (Fsp3) is 0.889. The van der Waals surface area contributed by atoms with E-state index in [2.05, 4.69) is 0 Å². The van der Waals surface area contributed by atoms with Crippen molar-refractivity contribution in [3.05, 3.63) is 0 Å². The van der Waals surface area contributed by atoms with Gasteiger partial charge in [0.25, 0.3) is 0 Å². The smallest absolute Gasteiger partial charge is 0.303 e. The summed E-state index contributed by atoms with van der Waals surface area (Å²) in [7, 11) is -2.97. The Bertz CT molecular complexity index is 312. The maximum absolute atomic E-state index is 11.4. The number of hydrogen-bond acceptors (Lipinski definition) is 3. The van der Waals surface area contributed by atoms with Gasteiger partial charge in [0.15, 0.2) is 0 Å². The molecule has 0 spiro atoms. The van der Waals surface area contributed by atoms with Crippen LogP contribution in [0, 0.1) is 0 Å². The van der Waals surface area contributed by atoms with Crippen molar-refractivity contribution in [1.82, 2.24) is 4.31 Å². The maximum Gasteiger partial charge on any atom is 0.303 e.